The van der Waals surface area contributed by atoms with Gasteiger partial charge >= 0.3 is 0 Å². The number of carbonyl (C=O) groups is 2. The summed E-state index contributed by atoms with van der Waals surface area (Å²) in [5, 5.41) is 12.2. The number of nitriles is 1. The molecule has 1 aliphatic heterocycles. The molecule has 1 saturated carbocycles. The second-order valence-electron chi connectivity index (χ2n) is 6.09. The van der Waals surface area contributed by atoms with Crippen molar-refractivity contribution in [3.8, 4) is 6.07 Å². The van der Waals surface area contributed by atoms with Crippen molar-refractivity contribution in [1.82, 2.24) is 10.2 Å². The zero-order valence-electron chi connectivity index (χ0n) is 12.7. The summed E-state index contributed by atoms with van der Waals surface area (Å²) in [6.07, 6.45) is 2.01. The van der Waals surface area contributed by atoms with Crippen molar-refractivity contribution >= 4 is 11.8 Å². The van der Waals surface area contributed by atoms with Crippen LogP contribution in [0.15, 0.2) is 0 Å². The molecule has 6 nitrogen and oxygen atoms in total. The van der Waals surface area contributed by atoms with Gasteiger partial charge in [-0.05, 0) is 25.2 Å². The highest BCUT2D eigenvalue weighted by molar-refractivity contribution is 5.92. The molecule has 116 valence electrons. The average Bonchev–Trinajstić information content (AvgIpc) is 2.48. The molecule has 0 bridgehead atoms. The number of nitrogens with one attached hydrogen (secondary N) is 1. The first-order chi connectivity index (χ1) is 10.0. The second-order valence-corrected chi connectivity index (χ2v) is 6.09. The summed E-state index contributed by atoms with van der Waals surface area (Å²) in [7, 11) is 0. The van der Waals surface area contributed by atoms with E-state index >= 15 is 0 Å². The maximum atomic E-state index is 12.7. The second kappa shape index (κ2) is 6.44. The molecule has 0 spiro atoms. The smallest absolute Gasteiger partial charge is 0.245 e. The van der Waals surface area contributed by atoms with Crippen LogP contribution in [0.1, 0.15) is 33.1 Å². The van der Waals surface area contributed by atoms with Gasteiger partial charge in [-0.3, -0.25) is 9.59 Å². The average molecular weight is 293 g/mol. The molecule has 0 aromatic carbocycles. The lowest BCUT2D eigenvalue weighted by Gasteiger charge is -2.45. The van der Waals surface area contributed by atoms with Gasteiger partial charge in [0.05, 0.1) is 19.3 Å². The molecular weight excluding hydrogens is 270 g/mol. The maximum Gasteiger partial charge on any atom is 0.245 e. The molecule has 0 aromatic heterocycles. The Morgan fingerprint density at radius 3 is 2.76 bits per heavy atom. The number of carbonyl (C=O) groups excluding carboxylic acids is 2. The molecule has 2 aliphatic rings. The SMILES string of the molecule is CCCNC(=O)C1COCCN1C(=O)C1(C#N)CC(C)C1. The van der Waals surface area contributed by atoms with Gasteiger partial charge in [0.1, 0.15) is 11.5 Å². The summed E-state index contributed by atoms with van der Waals surface area (Å²) in [6.45, 7) is 5.59. The molecule has 2 rings (SSSR count). The van der Waals surface area contributed by atoms with E-state index in [1.165, 1.54) is 0 Å². The first-order valence-corrected chi connectivity index (χ1v) is 7.62. The fraction of sp³-hybridized carbons (Fsp3) is 0.800. The van der Waals surface area contributed by atoms with Gasteiger partial charge in [-0.25, -0.2) is 0 Å². The van der Waals surface area contributed by atoms with Crippen LogP contribution >= 0.6 is 0 Å². The Labute approximate surface area is 125 Å². The minimum absolute atomic E-state index is 0.189. The molecule has 0 aromatic rings. The monoisotopic (exact) mass is 293 g/mol. The molecule has 1 aliphatic carbocycles. The van der Waals surface area contributed by atoms with Gasteiger partial charge in [-0.1, -0.05) is 13.8 Å². The van der Waals surface area contributed by atoms with Gasteiger partial charge in [0, 0.05) is 13.1 Å². The number of ether oxygens (including phenoxy) is 1. The highest BCUT2D eigenvalue weighted by atomic mass is 16.5. The molecule has 21 heavy (non-hydrogen) atoms. The number of rotatable bonds is 4. The van der Waals surface area contributed by atoms with Gasteiger partial charge in [0.2, 0.25) is 11.8 Å². The van der Waals surface area contributed by atoms with Crippen LogP contribution in [0.2, 0.25) is 0 Å². The van der Waals surface area contributed by atoms with Gasteiger partial charge in [0.15, 0.2) is 0 Å². The third-order valence-electron chi connectivity index (χ3n) is 4.26. The lowest BCUT2D eigenvalue weighted by Crippen LogP contribution is -2.61. The Morgan fingerprint density at radius 1 is 1.48 bits per heavy atom. The predicted molar refractivity (Wildman–Crippen MR) is 76.1 cm³/mol. The van der Waals surface area contributed by atoms with E-state index in [4.69, 9.17) is 4.74 Å². The summed E-state index contributed by atoms with van der Waals surface area (Å²) < 4.78 is 5.35. The fourth-order valence-electron chi connectivity index (χ4n) is 3.15. The molecule has 6 heteroatoms. The quantitative estimate of drug-likeness (QED) is 0.826. The molecule has 2 fully saturated rings. The highest BCUT2D eigenvalue weighted by Gasteiger charge is 2.52. The lowest BCUT2D eigenvalue weighted by molar-refractivity contribution is -0.159. The molecule has 1 N–H and O–H groups in total. The third kappa shape index (κ3) is 3.03. The first-order valence-electron chi connectivity index (χ1n) is 7.62. The van der Waals surface area contributed by atoms with Crippen molar-refractivity contribution in [2.24, 2.45) is 11.3 Å². The first kappa shape index (κ1) is 15.8. The van der Waals surface area contributed by atoms with E-state index < -0.39 is 11.5 Å². The van der Waals surface area contributed by atoms with Gasteiger partial charge in [-0.2, -0.15) is 5.26 Å². The maximum absolute atomic E-state index is 12.7. The summed E-state index contributed by atoms with van der Waals surface area (Å²) in [5.41, 5.74) is -0.931. The van der Waals surface area contributed by atoms with E-state index in [2.05, 4.69) is 11.4 Å². The fourth-order valence-corrected chi connectivity index (χ4v) is 3.15. The Morgan fingerprint density at radius 2 is 2.19 bits per heavy atom. The van der Waals surface area contributed by atoms with Crippen LogP contribution in [0.25, 0.3) is 0 Å². The van der Waals surface area contributed by atoms with Crippen LogP contribution in [-0.2, 0) is 14.3 Å². The third-order valence-corrected chi connectivity index (χ3v) is 4.26. The van der Waals surface area contributed by atoms with Gasteiger partial charge in [0.25, 0.3) is 0 Å². The van der Waals surface area contributed by atoms with E-state index in [1.54, 1.807) is 4.90 Å². The van der Waals surface area contributed by atoms with E-state index in [0.29, 0.717) is 38.5 Å². The van der Waals surface area contributed by atoms with Crippen molar-refractivity contribution < 1.29 is 14.3 Å². The Balaban J connectivity index is 2.10. The van der Waals surface area contributed by atoms with Crippen LogP contribution in [0.4, 0.5) is 0 Å². The largest absolute Gasteiger partial charge is 0.377 e. The standard InChI is InChI=1S/C15H23N3O3/c1-3-4-17-13(19)12-9-21-6-5-18(12)14(20)15(10-16)7-11(2)8-15/h11-12H,3-9H2,1-2H3,(H,17,19). The normalized spacial score (nSPS) is 32.0. The number of hydrogen-bond acceptors (Lipinski definition) is 4. The molecular formula is C15H23N3O3. The van der Waals surface area contributed by atoms with E-state index in [1.807, 2.05) is 13.8 Å². The molecule has 1 heterocycles. The Kier molecular flexibility index (Phi) is 4.84. The lowest BCUT2D eigenvalue weighted by atomic mass is 9.62. The Hall–Kier alpha value is -1.61. The summed E-state index contributed by atoms with van der Waals surface area (Å²) in [4.78, 5) is 26.5. The molecule has 1 saturated heterocycles. The number of hydrogen-bond donors (Lipinski definition) is 1. The van der Waals surface area contributed by atoms with Crippen molar-refractivity contribution in [3.05, 3.63) is 0 Å². The minimum Gasteiger partial charge on any atom is -0.377 e. The summed E-state index contributed by atoms with van der Waals surface area (Å²) in [6, 6.07) is 1.57. The number of amides is 2. The van der Waals surface area contributed by atoms with E-state index in [0.717, 1.165) is 6.42 Å². The Bertz CT molecular complexity index is 452. The van der Waals surface area contributed by atoms with Gasteiger partial charge in [-0.15, -0.1) is 0 Å². The van der Waals surface area contributed by atoms with Crippen molar-refractivity contribution in [2.75, 3.05) is 26.3 Å². The molecule has 0 radical (unpaired) electrons. The summed E-state index contributed by atoms with van der Waals surface area (Å²) >= 11 is 0. The number of morpholine rings is 1. The summed E-state index contributed by atoms with van der Waals surface area (Å²) in [5.74, 6) is -0.00424. The predicted octanol–water partition coefficient (Wildman–Crippen LogP) is 0.680. The van der Waals surface area contributed by atoms with E-state index in [-0.39, 0.29) is 18.4 Å². The van der Waals surface area contributed by atoms with Crippen LogP contribution in [0.3, 0.4) is 0 Å². The topological polar surface area (TPSA) is 82.4 Å². The van der Waals surface area contributed by atoms with Crippen LogP contribution in [0.5, 0.6) is 0 Å². The van der Waals surface area contributed by atoms with Crippen LogP contribution in [0, 0.1) is 22.7 Å². The molecule has 1 atom stereocenters. The zero-order valence-corrected chi connectivity index (χ0v) is 12.7. The van der Waals surface area contributed by atoms with Crippen LogP contribution < -0.4 is 5.32 Å². The van der Waals surface area contributed by atoms with Crippen LogP contribution in [-0.4, -0.2) is 49.1 Å². The van der Waals surface area contributed by atoms with Gasteiger partial charge < -0.3 is 15.0 Å². The van der Waals surface area contributed by atoms with Crippen molar-refractivity contribution in [1.29, 1.82) is 5.26 Å². The number of nitrogens with zero attached hydrogens (tertiary/aromatic N) is 2. The minimum atomic E-state index is -0.931. The van der Waals surface area contributed by atoms with E-state index in [9.17, 15) is 14.9 Å². The highest BCUT2D eigenvalue weighted by Crippen LogP contribution is 2.46. The molecule has 1 unspecified atom stereocenters. The van der Waals surface area contributed by atoms with Crippen molar-refractivity contribution in [2.45, 2.75) is 39.2 Å². The zero-order chi connectivity index (χ0) is 15.5. The van der Waals surface area contributed by atoms with Crippen molar-refractivity contribution in [3.63, 3.8) is 0 Å². The molecule has 2 amide bonds.